The lowest BCUT2D eigenvalue weighted by Gasteiger charge is -2.07. The van der Waals surface area contributed by atoms with Gasteiger partial charge in [0.25, 0.3) is 0 Å². The number of aryl methyl sites for hydroxylation is 3. The van der Waals surface area contributed by atoms with Crippen molar-refractivity contribution < 1.29 is 4.79 Å². The van der Waals surface area contributed by atoms with E-state index in [0.29, 0.717) is 10.8 Å². The minimum absolute atomic E-state index is 0.101. The van der Waals surface area contributed by atoms with Crippen LogP contribution in [0.15, 0.2) is 52.4 Å². The first-order valence-electron chi connectivity index (χ1n) is 9.40. The van der Waals surface area contributed by atoms with Crippen LogP contribution in [0.2, 0.25) is 0 Å². The third kappa shape index (κ3) is 3.52. The summed E-state index contributed by atoms with van der Waals surface area (Å²) >= 11 is 1.33. The van der Waals surface area contributed by atoms with Crippen molar-refractivity contribution in [3.63, 3.8) is 0 Å². The number of nitrogens with one attached hydrogen (secondary N) is 1. The van der Waals surface area contributed by atoms with Crippen molar-refractivity contribution >= 4 is 34.4 Å². The van der Waals surface area contributed by atoms with E-state index in [9.17, 15) is 9.59 Å². The molecule has 0 aliphatic heterocycles. The Labute approximate surface area is 177 Å². The van der Waals surface area contributed by atoms with E-state index in [1.54, 1.807) is 35.4 Å². The predicted molar refractivity (Wildman–Crippen MR) is 119 cm³/mol. The van der Waals surface area contributed by atoms with Gasteiger partial charge in [-0.25, -0.2) is 4.79 Å². The number of amides is 1. The zero-order valence-electron chi connectivity index (χ0n) is 17.2. The van der Waals surface area contributed by atoms with Crippen molar-refractivity contribution in [2.45, 2.75) is 12.1 Å². The van der Waals surface area contributed by atoms with Gasteiger partial charge in [-0.2, -0.15) is 0 Å². The lowest BCUT2D eigenvalue weighted by Crippen LogP contribution is -2.19. The maximum Gasteiger partial charge on any atom is 0.328 e. The molecule has 0 fully saturated rings. The van der Waals surface area contributed by atoms with E-state index in [0.717, 1.165) is 28.0 Å². The Morgan fingerprint density at radius 2 is 1.73 bits per heavy atom. The third-order valence-corrected chi connectivity index (χ3v) is 6.13. The van der Waals surface area contributed by atoms with Crippen LogP contribution in [0.4, 0.5) is 5.69 Å². The average molecular weight is 423 g/mol. The van der Waals surface area contributed by atoms with Crippen LogP contribution < -0.4 is 11.0 Å². The molecule has 0 bridgehead atoms. The number of anilines is 1. The monoisotopic (exact) mass is 422 g/mol. The standard InChI is InChI=1S/C21H22N6O2S/c1-13-7-5-6-8-15(13)19-23-24-20(27(19)4)30-12-18(28)22-14-9-10-16-17(11-14)26(3)21(29)25(16)2/h5-11H,12H2,1-4H3,(H,22,28). The lowest BCUT2D eigenvalue weighted by molar-refractivity contribution is -0.113. The molecule has 0 saturated heterocycles. The van der Waals surface area contributed by atoms with E-state index in [2.05, 4.69) is 15.5 Å². The summed E-state index contributed by atoms with van der Waals surface area (Å²) in [6.45, 7) is 2.03. The molecular formula is C21H22N6O2S. The molecule has 0 atom stereocenters. The summed E-state index contributed by atoms with van der Waals surface area (Å²) < 4.78 is 5.04. The maximum absolute atomic E-state index is 12.5. The highest BCUT2D eigenvalue weighted by molar-refractivity contribution is 7.99. The van der Waals surface area contributed by atoms with E-state index < -0.39 is 0 Å². The average Bonchev–Trinajstić information content (AvgIpc) is 3.20. The highest BCUT2D eigenvalue weighted by Gasteiger charge is 2.15. The number of thioether (sulfide) groups is 1. The molecule has 0 spiro atoms. The largest absolute Gasteiger partial charge is 0.328 e. The molecule has 2 aromatic carbocycles. The number of hydrogen-bond acceptors (Lipinski definition) is 5. The second-order valence-electron chi connectivity index (χ2n) is 7.12. The van der Waals surface area contributed by atoms with E-state index in [1.807, 2.05) is 48.9 Å². The van der Waals surface area contributed by atoms with E-state index in [4.69, 9.17) is 0 Å². The van der Waals surface area contributed by atoms with Crippen molar-refractivity contribution in [3.05, 3.63) is 58.5 Å². The number of benzene rings is 2. The molecule has 0 aliphatic carbocycles. The van der Waals surface area contributed by atoms with Gasteiger partial charge in [0.2, 0.25) is 5.91 Å². The molecule has 0 aliphatic rings. The Kier molecular flexibility index (Phi) is 5.21. The van der Waals surface area contributed by atoms with E-state index in [-0.39, 0.29) is 17.3 Å². The highest BCUT2D eigenvalue weighted by Crippen LogP contribution is 2.25. The third-order valence-electron chi connectivity index (χ3n) is 5.11. The van der Waals surface area contributed by atoms with Crippen molar-refractivity contribution in [2.75, 3.05) is 11.1 Å². The summed E-state index contributed by atoms with van der Waals surface area (Å²) in [4.78, 5) is 24.5. The maximum atomic E-state index is 12.5. The molecule has 2 heterocycles. The van der Waals surface area contributed by atoms with Crippen molar-refractivity contribution in [3.8, 4) is 11.4 Å². The molecular weight excluding hydrogens is 400 g/mol. The van der Waals surface area contributed by atoms with Crippen molar-refractivity contribution in [1.82, 2.24) is 23.9 Å². The van der Waals surface area contributed by atoms with Crippen LogP contribution in [-0.4, -0.2) is 35.6 Å². The number of imidazole rings is 1. The highest BCUT2D eigenvalue weighted by atomic mass is 32.2. The first kappa shape index (κ1) is 20.0. The Balaban J connectivity index is 1.46. The molecule has 30 heavy (non-hydrogen) atoms. The number of rotatable bonds is 5. The Morgan fingerprint density at radius 1 is 1.00 bits per heavy atom. The number of carbonyl (C=O) groups is 1. The zero-order chi connectivity index (χ0) is 21.4. The number of carbonyl (C=O) groups excluding carboxylic acids is 1. The summed E-state index contributed by atoms with van der Waals surface area (Å²) in [6, 6.07) is 13.4. The summed E-state index contributed by atoms with van der Waals surface area (Å²) in [6.07, 6.45) is 0. The van der Waals surface area contributed by atoms with Gasteiger partial charge in [-0.1, -0.05) is 36.0 Å². The normalized spacial score (nSPS) is 11.2. The molecule has 0 unspecified atom stereocenters. The fourth-order valence-corrected chi connectivity index (χ4v) is 4.12. The molecule has 4 aromatic rings. The van der Waals surface area contributed by atoms with Gasteiger partial charge in [0, 0.05) is 32.4 Å². The molecule has 4 rings (SSSR count). The molecule has 154 valence electrons. The summed E-state index contributed by atoms with van der Waals surface area (Å²) in [7, 11) is 5.34. The second-order valence-corrected chi connectivity index (χ2v) is 8.06. The fourth-order valence-electron chi connectivity index (χ4n) is 3.41. The molecule has 1 amide bonds. The lowest BCUT2D eigenvalue weighted by atomic mass is 10.1. The van der Waals surface area contributed by atoms with Gasteiger partial charge >= 0.3 is 5.69 Å². The molecule has 0 saturated carbocycles. The Hall–Kier alpha value is -3.33. The van der Waals surface area contributed by atoms with Crippen molar-refractivity contribution in [2.24, 2.45) is 21.1 Å². The van der Waals surface area contributed by atoms with Crippen LogP contribution in [0, 0.1) is 6.92 Å². The van der Waals surface area contributed by atoms with Gasteiger partial charge < -0.3 is 9.88 Å². The quantitative estimate of drug-likeness (QED) is 0.500. The van der Waals surface area contributed by atoms with Crippen LogP contribution >= 0.6 is 11.8 Å². The van der Waals surface area contributed by atoms with Crippen LogP contribution in [0.5, 0.6) is 0 Å². The molecule has 2 aromatic heterocycles. The number of nitrogens with zero attached hydrogens (tertiary/aromatic N) is 5. The van der Waals surface area contributed by atoms with Gasteiger partial charge in [-0.3, -0.25) is 13.9 Å². The predicted octanol–water partition coefficient (Wildman–Crippen LogP) is 2.71. The first-order chi connectivity index (χ1) is 14.4. The first-order valence-corrected chi connectivity index (χ1v) is 10.4. The van der Waals surface area contributed by atoms with Crippen LogP contribution in [0.1, 0.15) is 5.56 Å². The smallest absolute Gasteiger partial charge is 0.325 e. The Morgan fingerprint density at radius 3 is 2.50 bits per heavy atom. The molecule has 9 heteroatoms. The van der Waals surface area contributed by atoms with Gasteiger partial charge in [-0.05, 0) is 30.7 Å². The molecule has 0 radical (unpaired) electrons. The van der Waals surface area contributed by atoms with E-state index >= 15 is 0 Å². The Bertz CT molecular complexity index is 1320. The molecule has 1 N–H and O–H groups in total. The van der Waals surface area contributed by atoms with Gasteiger partial charge in [-0.15, -0.1) is 10.2 Å². The van der Waals surface area contributed by atoms with Crippen molar-refractivity contribution in [1.29, 1.82) is 0 Å². The number of aromatic nitrogens is 5. The van der Waals surface area contributed by atoms with Gasteiger partial charge in [0.05, 0.1) is 16.8 Å². The number of fused-ring (bicyclic) bond motifs is 1. The molecule has 8 nitrogen and oxygen atoms in total. The van der Waals surface area contributed by atoms with Crippen LogP contribution in [0.25, 0.3) is 22.4 Å². The fraction of sp³-hybridized carbons (Fsp3) is 0.238. The summed E-state index contributed by atoms with van der Waals surface area (Å²) in [5.41, 5.74) is 4.27. The SMILES string of the molecule is Cc1ccccc1-c1nnc(SCC(=O)Nc2ccc3c(c2)n(C)c(=O)n3C)n1C. The second kappa shape index (κ2) is 7.83. The van der Waals surface area contributed by atoms with Crippen LogP contribution in [0.3, 0.4) is 0 Å². The van der Waals surface area contributed by atoms with Gasteiger partial charge in [0.1, 0.15) is 0 Å². The minimum Gasteiger partial charge on any atom is -0.325 e. The summed E-state index contributed by atoms with van der Waals surface area (Å²) in [5, 5.41) is 12.1. The van der Waals surface area contributed by atoms with Crippen LogP contribution in [-0.2, 0) is 25.9 Å². The topological polar surface area (TPSA) is 86.7 Å². The van der Waals surface area contributed by atoms with Gasteiger partial charge in [0.15, 0.2) is 11.0 Å². The summed E-state index contributed by atoms with van der Waals surface area (Å²) in [5.74, 6) is 0.818. The zero-order valence-corrected chi connectivity index (χ0v) is 18.0. The van der Waals surface area contributed by atoms with E-state index in [1.165, 1.54) is 11.8 Å². The minimum atomic E-state index is -0.152. The number of hydrogen-bond donors (Lipinski definition) is 1.